The van der Waals surface area contributed by atoms with Crippen LogP contribution in [-0.4, -0.2) is 32.9 Å². The number of sulfonamides is 1. The second kappa shape index (κ2) is 4.48. The summed E-state index contributed by atoms with van der Waals surface area (Å²) in [5, 5.41) is 0.303. The zero-order valence-electron chi connectivity index (χ0n) is 9.68. The molecule has 1 fully saturated rings. The Kier molecular flexibility index (Phi) is 3.34. The van der Waals surface area contributed by atoms with E-state index in [1.54, 1.807) is 13.1 Å². The van der Waals surface area contributed by atoms with Gasteiger partial charge in [-0.05, 0) is 31.0 Å². The summed E-state index contributed by atoms with van der Waals surface area (Å²) in [4.78, 5) is 0.206. The summed E-state index contributed by atoms with van der Waals surface area (Å²) >= 11 is 5.93. The molecule has 0 aliphatic heterocycles. The van der Waals surface area contributed by atoms with E-state index in [1.165, 1.54) is 23.5 Å². The van der Waals surface area contributed by atoms with Crippen LogP contribution in [0.2, 0.25) is 5.02 Å². The molecule has 0 amide bonds. The van der Waals surface area contributed by atoms with Crippen molar-refractivity contribution in [3.8, 4) is 5.75 Å². The maximum atomic E-state index is 12.2. The monoisotopic (exact) mass is 275 g/mol. The summed E-state index contributed by atoms with van der Waals surface area (Å²) in [7, 11) is -0.336. The van der Waals surface area contributed by atoms with Gasteiger partial charge in [0.1, 0.15) is 5.75 Å². The van der Waals surface area contributed by atoms with E-state index in [9.17, 15) is 8.42 Å². The van der Waals surface area contributed by atoms with Gasteiger partial charge in [-0.25, -0.2) is 8.42 Å². The number of rotatable bonds is 4. The molecule has 17 heavy (non-hydrogen) atoms. The van der Waals surface area contributed by atoms with Gasteiger partial charge in [-0.2, -0.15) is 4.31 Å². The average molecular weight is 276 g/mol. The van der Waals surface area contributed by atoms with Crippen molar-refractivity contribution in [3.05, 3.63) is 23.2 Å². The van der Waals surface area contributed by atoms with Crippen molar-refractivity contribution >= 4 is 21.6 Å². The van der Waals surface area contributed by atoms with E-state index in [1.807, 2.05) is 0 Å². The molecule has 0 N–H and O–H groups in total. The number of halogens is 1. The van der Waals surface area contributed by atoms with Gasteiger partial charge < -0.3 is 4.74 Å². The third kappa shape index (κ3) is 2.41. The average Bonchev–Trinajstić information content (AvgIpc) is 3.11. The van der Waals surface area contributed by atoms with Gasteiger partial charge in [0.2, 0.25) is 10.0 Å². The molecule has 0 aromatic heterocycles. The van der Waals surface area contributed by atoms with E-state index >= 15 is 0 Å². The number of ether oxygens (including phenoxy) is 1. The number of nitrogens with zero attached hydrogens (tertiary/aromatic N) is 1. The molecule has 1 saturated carbocycles. The molecule has 0 atom stereocenters. The van der Waals surface area contributed by atoms with Crippen molar-refractivity contribution in [1.82, 2.24) is 4.31 Å². The molecular formula is C11H14ClNO3S. The molecule has 4 nitrogen and oxygen atoms in total. The first kappa shape index (κ1) is 12.7. The van der Waals surface area contributed by atoms with Gasteiger partial charge in [0.25, 0.3) is 0 Å². The van der Waals surface area contributed by atoms with E-state index in [4.69, 9.17) is 16.3 Å². The third-order valence-electron chi connectivity index (χ3n) is 2.86. The lowest BCUT2D eigenvalue weighted by Crippen LogP contribution is -2.28. The first-order valence-corrected chi connectivity index (χ1v) is 7.10. The molecule has 0 heterocycles. The molecule has 2 rings (SSSR count). The highest BCUT2D eigenvalue weighted by Crippen LogP contribution is 2.33. The summed E-state index contributed by atoms with van der Waals surface area (Å²) in [5.41, 5.74) is 0. The maximum absolute atomic E-state index is 12.2. The fraction of sp³-hybridized carbons (Fsp3) is 0.455. The molecule has 0 unspecified atom stereocenters. The Hall–Kier alpha value is -0.780. The van der Waals surface area contributed by atoms with Crippen LogP contribution < -0.4 is 4.74 Å². The first-order chi connectivity index (χ1) is 7.96. The van der Waals surface area contributed by atoms with E-state index in [-0.39, 0.29) is 10.9 Å². The van der Waals surface area contributed by atoms with E-state index in [0.717, 1.165) is 12.8 Å². The van der Waals surface area contributed by atoms with Crippen LogP contribution in [0.4, 0.5) is 0 Å². The second-order valence-electron chi connectivity index (χ2n) is 4.05. The lowest BCUT2D eigenvalue weighted by molar-refractivity contribution is 0.414. The van der Waals surface area contributed by atoms with E-state index in [0.29, 0.717) is 10.8 Å². The summed E-state index contributed by atoms with van der Waals surface area (Å²) < 4.78 is 30.8. The van der Waals surface area contributed by atoms with Crippen LogP contribution in [0.5, 0.6) is 5.75 Å². The Morgan fingerprint density at radius 2 is 2.06 bits per heavy atom. The minimum atomic E-state index is -3.43. The van der Waals surface area contributed by atoms with Gasteiger partial charge in [-0.15, -0.1) is 0 Å². The molecule has 1 aliphatic rings. The maximum Gasteiger partial charge on any atom is 0.243 e. The summed E-state index contributed by atoms with van der Waals surface area (Å²) in [6.07, 6.45) is 1.86. The normalized spacial score (nSPS) is 16.2. The van der Waals surface area contributed by atoms with Crippen LogP contribution in [0.15, 0.2) is 23.1 Å². The van der Waals surface area contributed by atoms with Crippen molar-refractivity contribution < 1.29 is 13.2 Å². The molecule has 94 valence electrons. The molecule has 6 heteroatoms. The van der Waals surface area contributed by atoms with Crippen LogP contribution >= 0.6 is 11.6 Å². The summed E-state index contributed by atoms with van der Waals surface area (Å²) in [6.45, 7) is 0. The number of hydrogen-bond acceptors (Lipinski definition) is 3. The molecule has 1 aromatic rings. The van der Waals surface area contributed by atoms with Gasteiger partial charge in [0.05, 0.1) is 17.0 Å². The highest BCUT2D eigenvalue weighted by molar-refractivity contribution is 7.89. The standard InChI is InChI=1S/C11H14ClNO3S/c1-13(8-3-4-8)17(14,15)9-5-6-11(16-2)10(12)7-9/h5-8H,3-4H2,1-2H3. The number of methoxy groups -OCH3 is 1. The zero-order chi connectivity index (χ0) is 12.6. The van der Waals surface area contributed by atoms with Crippen molar-refractivity contribution in [1.29, 1.82) is 0 Å². The molecular weight excluding hydrogens is 262 g/mol. The van der Waals surface area contributed by atoms with Gasteiger partial charge in [0, 0.05) is 13.1 Å². The Morgan fingerprint density at radius 3 is 2.53 bits per heavy atom. The number of hydrogen-bond donors (Lipinski definition) is 0. The molecule has 1 aromatic carbocycles. The van der Waals surface area contributed by atoms with Crippen molar-refractivity contribution in [2.75, 3.05) is 14.2 Å². The van der Waals surface area contributed by atoms with Crippen LogP contribution in [0.3, 0.4) is 0 Å². The van der Waals surface area contributed by atoms with Crippen molar-refractivity contribution in [2.24, 2.45) is 0 Å². The fourth-order valence-corrected chi connectivity index (χ4v) is 3.37. The van der Waals surface area contributed by atoms with Crippen LogP contribution in [0.1, 0.15) is 12.8 Å². The van der Waals surface area contributed by atoms with E-state index in [2.05, 4.69) is 0 Å². The SMILES string of the molecule is COc1ccc(S(=O)(=O)N(C)C2CC2)cc1Cl. The van der Waals surface area contributed by atoms with Crippen LogP contribution in [0, 0.1) is 0 Å². The Balaban J connectivity index is 2.36. The summed E-state index contributed by atoms with van der Waals surface area (Å²) in [5.74, 6) is 0.472. The second-order valence-corrected chi connectivity index (χ2v) is 6.45. The smallest absolute Gasteiger partial charge is 0.243 e. The lowest BCUT2D eigenvalue weighted by atomic mass is 10.3. The molecule has 1 aliphatic carbocycles. The van der Waals surface area contributed by atoms with Gasteiger partial charge in [-0.3, -0.25) is 0 Å². The number of benzene rings is 1. The highest BCUT2D eigenvalue weighted by atomic mass is 35.5. The largest absolute Gasteiger partial charge is 0.495 e. The fourth-order valence-electron chi connectivity index (χ4n) is 1.61. The quantitative estimate of drug-likeness (QED) is 0.846. The molecule has 0 radical (unpaired) electrons. The lowest BCUT2D eigenvalue weighted by Gasteiger charge is -2.16. The molecule has 0 bridgehead atoms. The molecule has 0 spiro atoms. The highest BCUT2D eigenvalue weighted by Gasteiger charge is 2.35. The third-order valence-corrected chi connectivity index (χ3v) is 5.06. The predicted molar refractivity (Wildman–Crippen MR) is 66.0 cm³/mol. The predicted octanol–water partition coefficient (Wildman–Crippen LogP) is 2.13. The van der Waals surface area contributed by atoms with Crippen LogP contribution in [-0.2, 0) is 10.0 Å². The van der Waals surface area contributed by atoms with Gasteiger partial charge >= 0.3 is 0 Å². The Bertz CT molecular complexity index is 526. The Morgan fingerprint density at radius 1 is 1.41 bits per heavy atom. The topological polar surface area (TPSA) is 46.6 Å². The zero-order valence-corrected chi connectivity index (χ0v) is 11.3. The van der Waals surface area contributed by atoms with Crippen LogP contribution in [0.25, 0.3) is 0 Å². The minimum absolute atomic E-state index is 0.140. The van der Waals surface area contributed by atoms with Gasteiger partial charge in [-0.1, -0.05) is 11.6 Å². The summed E-state index contributed by atoms with van der Waals surface area (Å²) in [6, 6.07) is 4.64. The Labute approximate surface area is 106 Å². The van der Waals surface area contributed by atoms with Crippen molar-refractivity contribution in [2.45, 2.75) is 23.8 Å². The van der Waals surface area contributed by atoms with E-state index < -0.39 is 10.0 Å². The molecule has 0 saturated heterocycles. The van der Waals surface area contributed by atoms with Gasteiger partial charge in [0.15, 0.2) is 0 Å². The first-order valence-electron chi connectivity index (χ1n) is 5.28. The van der Waals surface area contributed by atoms with Crippen molar-refractivity contribution in [3.63, 3.8) is 0 Å². The minimum Gasteiger partial charge on any atom is -0.495 e.